The minimum atomic E-state index is -0.539. The van der Waals surface area contributed by atoms with Gasteiger partial charge in [-0.3, -0.25) is 9.36 Å². The van der Waals surface area contributed by atoms with Gasteiger partial charge >= 0.3 is 5.69 Å². The summed E-state index contributed by atoms with van der Waals surface area (Å²) >= 11 is 0. The third kappa shape index (κ3) is 4.20. The molecule has 1 heterocycles. The summed E-state index contributed by atoms with van der Waals surface area (Å²) in [5, 5.41) is 6.78. The number of hydrogen-bond acceptors (Lipinski definition) is 4. The van der Waals surface area contributed by atoms with Crippen molar-refractivity contribution in [3.8, 4) is 5.69 Å². The quantitative estimate of drug-likeness (QED) is 0.858. The summed E-state index contributed by atoms with van der Waals surface area (Å²) in [6.45, 7) is 3.94. The molecule has 2 unspecified atom stereocenters. The second-order valence-corrected chi connectivity index (χ2v) is 5.38. The van der Waals surface area contributed by atoms with E-state index in [4.69, 9.17) is 5.73 Å². The number of nitrogens with zero attached hydrogens (tertiary/aromatic N) is 3. The van der Waals surface area contributed by atoms with E-state index in [1.807, 2.05) is 13.8 Å². The number of hydrogen-bond donors (Lipinski definition) is 2. The predicted molar refractivity (Wildman–Crippen MR) is 92.1 cm³/mol. The number of aromatic nitrogens is 3. The minimum Gasteiger partial charge on any atom is -0.325 e. The molecule has 8 heteroatoms. The van der Waals surface area contributed by atoms with Crippen LogP contribution in [0.3, 0.4) is 0 Å². The topological polar surface area (TPSA) is 94.9 Å². The van der Waals surface area contributed by atoms with Crippen LogP contribution < -0.4 is 16.7 Å². The summed E-state index contributed by atoms with van der Waals surface area (Å²) in [7, 11) is 1.64. The standard InChI is InChI=1S/C15H21N5O2.ClH/c1-4-10(2)13(16)14(21)18-11-5-7-12(8-6-11)20-15(22)19(3)9-17-20;/h5-10,13H,4,16H2,1-3H3,(H,18,21);1H. The molecule has 1 aromatic carbocycles. The number of aryl methyl sites for hydroxylation is 1. The van der Waals surface area contributed by atoms with Crippen molar-refractivity contribution >= 4 is 24.0 Å². The van der Waals surface area contributed by atoms with Crippen LogP contribution >= 0.6 is 12.4 Å². The molecule has 0 aliphatic heterocycles. The van der Waals surface area contributed by atoms with Gasteiger partial charge in [-0.05, 0) is 30.2 Å². The Morgan fingerprint density at radius 1 is 1.35 bits per heavy atom. The molecule has 3 N–H and O–H groups in total. The molecule has 7 nitrogen and oxygen atoms in total. The van der Waals surface area contributed by atoms with E-state index < -0.39 is 6.04 Å². The van der Waals surface area contributed by atoms with Crippen molar-refractivity contribution in [2.75, 3.05) is 5.32 Å². The first-order valence-electron chi connectivity index (χ1n) is 7.21. The molecular formula is C15H22ClN5O2. The molecule has 0 saturated heterocycles. The largest absolute Gasteiger partial charge is 0.350 e. The highest BCUT2D eigenvalue weighted by Gasteiger charge is 2.19. The van der Waals surface area contributed by atoms with E-state index in [1.165, 1.54) is 15.6 Å². The van der Waals surface area contributed by atoms with Crippen molar-refractivity contribution in [1.29, 1.82) is 0 Å². The molecular weight excluding hydrogens is 318 g/mol. The fourth-order valence-electron chi connectivity index (χ4n) is 1.98. The van der Waals surface area contributed by atoms with Gasteiger partial charge in [0, 0.05) is 12.7 Å². The fraction of sp³-hybridized carbons (Fsp3) is 0.400. The Balaban J connectivity index is 0.00000264. The summed E-state index contributed by atoms with van der Waals surface area (Å²) in [5.41, 5.74) is 6.94. The molecule has 2 aromatic rings. The summed E-state index contributed by atoms with van der Waals surface area (Å²) < 4.78 is 2.68. The van der Waals surface area contributed by atoms with Gasteiger partial charge in [0.2, 0.25) is 5.91 Å². The molecule has 0 aliphatic rings. The Hall–Kier alpha value is -2.12. The van der Waals surface area contributed by atoms with Crippen LogP contribution in [-0.4, -0.2) is 26.3 Å². The van der Waals surface area contributed by atoms with Gasteiger partial charge in [-0.15, -0.1) is 12.4 Å². The van der Waals surface area contributed by atoms with Crippen LogP contribution in [0.2, 0.25) is 0 Å². The van der Waals surface area contributed by atoms with Crippen LogP contribution in [0.25, 0.3) is 5.69 Å². The molecule has 0 bridgehead atoms. The third-order valence-electron chi connectivity index (χ3n) is 3.76. The zero-order valence-electron chi connectivity index (χ0n) is 13.4. The number of carbonyl (C=O) groups excluding carboxylic acids is 1. The molecule has 0 aliphatic carbocycles. The first-order chi connectivity index (χ1) is 10.4. The number of benzene rings is 1. The molecule has 23 heavy (non-hydrogen) atoms. The van der Waals surface area contributed by atoms with E-state index in [0.717, 1.165) is 6.42 Å². The van der Waals surface area contributed by atoms with Crippen molar-refractivity contribution in [3.05, 3.63) is 41.1 Å². The summed E-state index contributed by atoms with van der Waals surface area (Å²) in [5.74, 6) is -0.0940. The number of nitrogens with two attached hydrogens (primary N) is 1. The Morgan fingerprint density at radius 2 is 1.96 bits per heavy atom. The number of halogens is 1. The molecule has 0 saturated carbocycles. The summed E-state index contributed by atoms with van der Waals surface area (Å²) in [6.07, 6.45) is 2.29. The van der Waals surface area contributed by atoms with E-state index in [1.54, 1.807) is 31.3 Å². The van der Waals surface area contributed by atoms with Crippen LogP contribution in [0.15, 0.2) is 35.4 Å². The average molecular weight is 340 g/mol. The minimum absolute atomic E-state index is 0. The molecule has 0 spiro atoms. The SMILES string of the molecule is CCC(C)C(N)C(=O)Nc1ccc(-n2ncn(C)c2=O)cc1.Cl. The van der Waals surface area contributed by atoms with Crippen LogP contribution in [0.1, 0.15) is 20.3 Å². The van der Waals surface area contributed by atoms with Crippen LogP contribution in [0.4, 0.5) is 5.69 Å². The number of amides is 1. The molecule has 2 rings (SSSR count). The maximum absolute atomic E-state index is 12.0. The second kappa shape index (κ2) is 7.94. The predicted octanol–water partition coefficient (Wildman–Crippen LogP) is 1.30. The molecule has 2 atom stereocenters. The molecule has 1 amide bonds. The van der Waals surface area contributed by atoms with Gasteiger partial charge in [0.15, 0.2) is 0 Å². The third-order valence-corrected chi connectivity index (χ3v) is 3.76. The van der Waals surface area contributed by atoms with Crippen LogP contribution in [0, 0.1) is 5.92 Å². The van der Waals surface area contributed by atoms with E-state index in [-0.39, 0.29) is 29.9 Å². The lowest BCUT2D eigenvalue weighted by Gasteiger charge is -2.17. The van der Waals surface area contributed by atoms with Gasteiger partial charge in [-0.25, -0.2) is 4.79 Å². The number of anilines is 1. The lowest BCUT2D eigenvalue weighted by atomic mass is 9.99. The van der Waals surface area contributed by atoms with Gasteiger partial charge in [0.1, 0.15) is 6.33 Å². The van der Waals surface area contributed by atoms with Gasteiger partial charge in [0.25, 0.3) is 0 Å². The molecule has 1 aromatic heterocycles. The zero-order chi connectivity index (χ0) is 16.3. The van der Waals surface area contributed by atoms with E-state index >= 15 is 0 Å². The summed E-state index contributed by atoms with van der Waals surface area (Å²) in [6, 6.07) is 6.34. The normalized spacial score (nSPS) is 13.0. The van der Waals surface area contributed by atoms with Crippen LogP contribution in [0.5, 0.6) is 0 Å². The van der Waals surface area contributed by atoms with Crippen molar-refractivity contribution in [2.45, 2.75) is 26.3 Å². The van der Waals surface area contributed by atoms with Crippen molar-refractivity contribution < 1.29 is 4.79 Å². The smallest absolute Gasteiger partial charge is 0.325 e. The number of rotatable bonds is 5. The van der Waals surface area contributed by atoms with Gasteiger partial charge in [0.05, 0.1) is 11.7 Å². The lowest BCUT2D eigenvalue weighted by Crippen LogP contribution is -2.40. The maximum Gasteiger partial charge on any atom is 0.350 e. The highest BCUT2D eigenvalue weighted by atomic mass is 35.5. The Bertz CT molecular complexity index is 707. The monoisotopic (exact) mass is 339 g/mol. The van der Waals surface area contributed by atoms with Gasteiger partial charge in [-0.1, -0.05) is 20.3 Å². The highest BCUT2D eigenvalue weighted by molar-refractivity contribution is 5.94. The highest BCUT2D eigenvalue weighted by Crippen LogP contribution is 2.13. The van der Waals surface area contributed by atoms with Crippen LogP contribution in [-0.2, 0) is 11.8 Å². The maximum atomic E-state index is 12.0. The van der Waals surface area contributed by atoms with E-state index in [9.17, 15) is 9.59 Å². The van der Waals surface area contributed by atoms with Crippen molar-refractivity contribution in [2.24, 2.45) is 18.7 Å². The van der Waals surface area contributed by atoms with Gasteiger partial charge in [-0.2, -0.15) is 9.78 Å². The first kappa shape index (κ1) is 18.9. The zero-order valence-corrected chi connectivity index (χ0v) is 14.2. The Kier molecular flexibility index (Phi) is 6.53. The molecule has 126 valence electrons. The first-order valence-corrected chi connectivity index (χ1v) is 7.21. The summed E-state index contributed by atoms with van der Waals surface area (Å²) in [4.78, 5) is 23.8. The fourth-order valence-corrected chi connectivity index (χ4v) is 1.98. The Labute approximate surface area is 140 Å². The average Bonchev–Trinajstić information content (AvgIpc) is 2.86. The number of carbonyl (C=O) groups is 1. The molecule has 0 fully saturated rings. The lowest BCUT2D eigenvalue weighted by molar-refractivity contribution is -0.118. The molecule has 0 radical (unpaired) electrons. The second-order valence-electron chi connectivity index (χ2n) is 5.38. The number of nitrogens with one attached hydrogen (secondary N) is 1. The van der Waals surface area contributed by atoms with E-state index in [0.29, 0.717) is 11.4 Å². The van der Waals surface area contributed by atoms with Gasteiger partial charge < -0.3 is 11.1 Å². The van der Waals surface area contributed by atoms with E-state index in [2.05, 4.69) is 10.4 Å². The van der Waals surface area contributed by atoms with Crippen molar-refractivity contribution in [3.63, 3.8) is 0 Å². The van der Waals surface area contributed by atoms with Crippen molar-refractivity contribution in [1.82, 2.24) is 14.3 Å². The Morgan fingerprint density at radius 3 is 2.43 bits per heavy atom.